The summed E-state index contributed by atoms with van der Waals surface area (Å²) in [6.45, 7) is 6.44. The van der Waals surface area contributed by atoms with Gasteiger partial charge in [-0.15, -0.1) is 0 Å². The molecule has 0 bridgehead atoms. The molecule has 3 aliphatic heterocycles. The van der Waals surface area contributed by atoms with Gasteiger partial charge in [0.1, 0.15) is 6.29 Å². The van der Waals surface area contributed by atoms with Crippen LogP contribution in [-0.2, 0) is 30.5 Å². The third-order valence-corrected chi connectivity index (χ3v) is 10.8. The van der Waals surface area contributed by atoms with E-state index in [1.807, 2.05) is 24.1 Å². The van der Waals surface area contributed by atoms with Crippen LogP contribution < -0.4 is 20.4 Å². The summed E-state index contributed by atoms with van der Waals surface area (Å²) in [5.41, 5.74) is 2.64. The first-order valence-electron chi connectivity index (χ1n) is 17.8. The van der Waals surface area contributed by atoms with Gasteiger partial charge in [0.15, 0.2) is 0 Å². The highest BCUT2D eigenvalue weighted by atomic mass is 16.5. The lowest BCUT2D eigenvalue weighted by molar-refractivity contribution is -0.120. The van der Waals surface area contributed by atoms with E-state index in [-0.39, 0.29) is 12.3 Å². The van der Waals surface area contributed by atoms with Crippen molar-refractivity contribution in [3.63, 3.8) is 0 Å². The third-order valence-electron chi connectivity index (χ3n) is 10.8. The van der Waals surface area contributed by atoms with E-state index in [4.69, 9.17) is 4.74 Å². The molecular weight excluding hydrogens is 596 g/mol. The smallest absolute Gasteiger partial charge is 0.219 e. The van der Waals surface area contributed by atoms with Crippen LogP contribution in [0.25, 0.3) is 0 Å². The van der Waals surface area contributed by atoms with Crippen LogP contribution in [-0.4, -0.2) is 113 Å². The summed E-state index contributed by atoms with van der Waals surface area (Å²) in [6, 6.07) is 7.01. The van der Waals surface area contributed by atoms with Crippen molar-refractivity contribution in [2.75, 3.05) is 70.3 Å². The molecule has 1 aromatic rings. The molecule has 11 nitrogen and oxygen atoms in total. The van der Waals surface area contributed by atoms with E-state index >= 15 is 0 Å². The zero-order valence-corrected chi connectivity index (χ0v) is 28.9. The van der Waals surface area contributed by atoms with Crippen LogP contribution in [0.2, 0.25) is 0 Å². The predicted molar refractivity (Wildman–Crippen MR) is 185 cm³/mol. The van der Waals surface area contributed by atoms with E-state index in [1.165, 1.54) is 38.6 Å². The number of fused-ring (bicyclic) bond motifs is 1. The van der Waals surface area contributed by atoms with Crippen molar-refractivity contribution in [1.82, 2.24) is 20.4 Å². The van der Waals surface area contributed by atoms with Gasteiger partial charge in [-0.1, -0.05) is 6.07 Å². The Hall–Kier alpha value is -3.02. The van der Waals surface area contributed by atoms with E-state index in [1.54, 1.807) is 19.0 Å². The first-order valence-corrected chi connectivity index (χ1v) is 17.8. The van der Waals surface area contributed by atoms with Gasteiger partial charge in [-0.3, -0.25) is 24.2 Å². The highest BCUT2D eigenvalue weighted by Crippen LogP contribution is 2.34. The van der Waals surface area contributed by atoms with Gasteiger partial charge in [-0.25, -0.2) is 0 Å². The maximum absolute atomic E-state index is 11.9. The third kappa shape index (κ3) is 10.7. The lowest BCUT2D eigenvalue weighted by Crippen LogP contribution is -2.36. The maximum Gasteiger partial charge on any atom is 0.219 e. The predicted octanol–water partition coefficient (Wildman–Crippen LogP) is 3.20. The molecule has 0 aromatic heterocycles. The second kappa shape index (κ2) is 19.1. The maximum atomic E-state index is 11.9. The van der Waals surface area contributed by atoms with Gasteiger partial charge in [-0.2, -0.15) is 0 Å². The van der Waals surface area contributed by atoms with Crippen LogP contribution in [0.5, 0.6) is 0 Å². The molecule has 3 amide bonds. The number of nitrogens with zero attached hydrogens (tertiary/aromatic N) is 4. The quantitative estimate of drug-likeness (QED) is 0.154. The molecule has 4 atom stereocenters. The number of ether oxygens (including phenoxy) is 1. The van der Waals surface area contributed by atoms with Gasteiger partial charge in [0.05, 0.1) is 24.0 Å². The Morgan fingerprint density at radius 2 is 1.83 bits per heavy atom. The Balaban J connectivity index is 1.26. The van der Waals surface area contributed by atoms with Crippen molar-refractivity contribution in [3.8, 4) is 0 Å². The second-order valence-corrected chi connectivity index (χ2v) is 13.9. The van der Waals surface area contributed by atoms with Gasteiger partial charge >= 0.3 is 0 Å². The number of nitrogens with one attached hydrogen (secondary N) is 2. The topological polar surface area (TPSA) is 115 Å². The van der Waals surface area contributed by atoms with Crippen molar-refractivity contribution < 1.29 is 23.9 Å². The van der Waals surface area contributed by atoms with E-state index in [9.17, 15) is 19.2 Å². The minimum Gasteiger partial charge on any atom is -0.380 e. The number of hydrogen-bond acceptors (Lipinski definition) is 8. The van der Waals surface area contributed by atoms with Crippen molar-refractivity contribution >= 4 is 36.4 Å². The molecule has 0 aliphatic carbocycles. The number of carbonyl (C=O) groups excluding carboxylic acids is 4. The largest absolute Gasteiger partial charge is 0.380 e. The Bertz CT molecular complexity index is 1140. The number of aldehydes is 1. The zero-order valence-electron chi connectivity index (χ0n) is 28.9. The molecule has 47 heavy (non-hydrogen) atoms. The van der Waals surface area contributed by atoms with Crippen LogP contribution in [0, 0.1) is 11.8 Å². The van der Waals surface area contributed by atoms with Crippen LogP contribution in [0.1, 0.15) is 76.2 Å². The van der Waals surface area contributed by atoms with Crippen LogP contribution >= 0.6 is 0 Å². The average Bonchev–Trinajstić information content (AvgIpc) is 3.72. The standard InChI is InChI=1S/C36H58N6O5/c1-37-36(46)11-9-32(24-43)40(3)34-10-6-30(22-35(34)39(2)27-45)23-41-18-13-29(14-19-41)21-28(12-16-38-26-44)15-20-47-25-33-8-7-31-5-4-17-42(31)33/h6,10,22,24,26-29,31-33H,4-5,7-9,11-21,23,25H2,1-3H3,(H,37,46)(H,38,44). The van der Waals surface area contributed by atoms with Gasteiger partial charge in [-0.05, 0) is 113 Å². The molecule has 4 rings (SSSR count). The summed E-state index contributed by atoms with van der Waals surface area (Å²) >= 11 is 0. The molecule has 3 aliphatic rings. The Morgan fingerprint density at radius 3 is 2.55 bits per heavy atom. The number of anilines is 2. The summed E-state index contributed by atoms with van der Waals surface area (Å²) in [6.07, 6.45) is 13.9. The fraction of sp³-hybridized carbons (Fsp3) is 0.722. The van der Waals surface area contributed by atoms with E-state index in [0.717, 1.165) is 107 Å². The van der Waals surface area contributed by atoms with Crippen molar-refractivity contribution in [2.45, 2.75) is 95.3 Å². The van der Waals surface area contributed by atoms with Gasteiger partial charge in [0, 0.05) is 59.3 Å². The first kappa shape index (κ1) is 36.8. The lowest BCUT2D eigenvalue weighted by Gasteiger charge is -2.34. The number of amides is 3. The minimum atomic E-state index is -0.481. The number of likely N-dealkylation sites (tertiary alicyclic amines) is 1. The van der Waals surface area contributed by atoms with Gasteiger partial charge in [0.25, 0.3) is 0 Å². The van der Waals surface area contributed by atoms with Crippen molar-refractivity contribution in [2.24, 2.45) is 11.8 Å². The summed E-state index contributed by atoms with van der Waals surface area (Å²) in [4.78, 5) is 54.9. The number of carbonyl (C=O) groups is 4. The van der Waals surface area contributed by atoms with E-state index in [2.05, 4.69) is 26.5 Å². The molecule has 1 aromatic carbocycles. The van der Waals surface area contributed by atoms with Gasteiger partial charge in [0.2, 0.25) is 18.7 Å². The fourth-order valence-electron chi connectivity index (χ4n) is 7.92. The van der Waals surface area contributed by atoms with Crippen molar-refractivity contribution in [3.05, 3.63) is 23.8 Å². The number of likely N-dealkylation sites (N-methyl/N-ethyl adjacent to an activating group) is 1. The lowest BCUT2D eigenvalue weighted by atomic mass is 9.84. The van der Waals surface area contributed by atoms with Crippen molar-refractivity contribution in [1.29, 1.82) is 0 Å². The van der Waals surface area contributed by atoms with Crippen LogP contribution in [0.3, 0.4) is 0 Å². The highest BCUT2D eigenvalue weighted by Gasteiger charge is 2.36. The molecular formula is C36H58N6O5. The zero-order chi connectivity index (χ0) is 33.6. The minimum absolute atomic E-state index is 0.108. The average molecular weight is 655 g/mol. The SMILES string of the molecule is CNC(=O)CCC(C=O)N(C)c1ccc(CN2CCC(CC(CCNC=O)CCOCC3CCC4CCCN43)CC2)cc1N(C)C=O. The fourth-order valence-corrected chi connectivity index (χ4v) is 7.92. The molecule has 4 unspecified atom stereocenters. The Morgan fingerprint density at radius 1 is 1.02 bits per heavy atom. The molecule has 11 heteroatoms. The van der Waals surface area contributed by atoms with Crippen LogP contribution in [0.15, 0.2) is 18.2 Å². The summed E-state index contributed by atoms with van der Waals surface area (Å²) in [5.74, 6) is 1.10. The molecule has 0 spiro atoms. The summed E-state index contributed by atoms with van der Waals surface area (Å²) in [7, 11) is 5.14. The van der Waals surface area contributed by atoms with E-state index in [0.29, 0.717) is 24.3 Å². The number of benzene rings is 1. The molecule has 262 valence electrons. The molecule has 3 saturated heterocycles. The Labute approximate surface area is 281 Å². The molecule has 0 radical (unpaired) electrons. The first-order chi connectivity index (χ1) is 22.9. The second-order valence-electron chi connectivity index (χ2n) is 13.9. The molecule has 3 fully saturated rings. The number of piperidine rings is 1. The number of rotatable bonds is 21. The summed E-state index contributed by atoms with van der Waals surface area (Å²) in [5, 5.41) is 5.46. The Kier molecular flexibility index (Phi) is 15.0. The van der Waals surface area contributed by atoms with E-state index < -0.39 is 6.04 Å². The monoisotopic (exact) mass is 654 g/mol. The van der Waals surface area contributed by atoms with Crippen LogP contribution in [0.4, 0.5) is 11.4 Å². The molecule has 2 N–H and O–H groups in total. The summed E-state index contributed by atoms with van der Waals surface area (Å²) < 4.78 is 6.24. The van der Waals surface area contributed by atoms with Gasteiger partial charge < -0.3 is 30.0 Å². The highest BCUT2D eigenvalue weighted by molar-refractivity contribution is 5.85. The molecule has 0 saturated carbocycles. The normalized spacial score (nSPS) is 21.5. The molecule has 3 heterocycles. The number of hydrogen-bond donors (Lipinski definition) is 2.